The number of benzene rings is 1. The van der Waals surface area contributed by atoms with E-state index in [1.807, 2.05) is 75.7 Å². The minimum Gasteiger partial charge on any atom is -0.310 e. The van der Waals surface area contributed by atoms with Crippen LogP contribution in [0.1, 0.15) is 64.6 Å². The molecule has 0 radical (unpaired) electrons. The third-order valence-corrected chi connectivity index (χ3v) is 5.03. The number of carbonyl (C=O) groups excluding carboxylic acids is 2. The van der Waals surface area contributed by atoms with Crippen molar-refractivity contribution in [2.24, 2.45) is 0 Å². The molecule has 26 heavy (non-hydrogen) atoms. The average Bonchev–Trinajstić information content (AvgIpc) is 2.96. The Labute approximate surface area is 154 Å². The number of aromatic nitrogens is 2. The van der Waals surface area contributed by atoms with Crippen LogP contribution in [0.15, 0.2) is 36.4 Å². The molecule has 1 aromatic heterocycles. The van der Waals surface area contributed by atoms with Gasteiger partial charge in [0.1, 0.15) is 11.6 Å². The second kappa shape index (κ2) is 6.38. The lowest BCUT2D eigenvalue weighted by molar-refractivity contribution is -0.124. The van der Waals surface area contributed by atoms with E-state index in [1.165, 1.54) is 0 Å². The van der Waals surface area contributed by atoms with Crippen LogP contribution in [0, 0.1) is 0 Å². The molecule has 1 aliphatic rings. The van der Waals surface area contributed by atoms with Crippen molar-refractivity contribution in [2.45, 2.75) is 64.3 Å². The van der Waals surface area contributed by atoms with E-state index in [0.717, 1.165) is 11.3 Å². The van der Waals surface area contributed by atoms with Crippen molar-refractivity contribution in [3.05, 3.63) is 47.7 Å². The minimum absolute atomic E-state index is 0.0784. The van der Waals surface area contributed by atoms with Gasteiger partial charge >= 0.3 is 0 Å². The zero-order valence-electron chi connectivity index (χ0n) is 16.2. The predicted molar refractivity (Wildman–Crippen MR) is 102 cm³/mol. The van der Waals surface area contributed by atoms with Crippen molar-refractivity contribution in [1.82, 2.24) is 9.78 Å². The highest BCUT2D eigenvalue weighted by molar-refractivity contribution is 5.98. The largest absolute Gasteiger partial charge is 0.310 e. The first-order chi connectivity index (χ1) is 12.1. The van der Waals surface area contributed by atoms with Crippen molar-refractivity contribution in [3.63, 3.8) is 0 Å². The summed E-state index contributed by atoms with van der Waals surface area (Å²) in [4.78, 5) is 24.4. The van der Waals surface area contributed by atoms with Crippen LogP contribution in [-0.4, -0.2) is 21.5 Å². The summed E-state index contributed by atoms with van der Waals surface area (Å²) in [6, 6.07) is 11.7. The fourth-order valence-electron chi connectivity index (χ4n) is 3.16. The predicted octanol–water partition coefficient (Wildman–Crippen LogP) is 4.00. The van der Waals surface area contributed by atoms with Crippen LogP contribution in [0.25, 0.3) is 0 Å². The molecule has 1 fully saturated rings. The van der Waals surface area contributed by atoms with Crippen molar-refractivity contribution >= 4 is 17.5 Å². The molecule has 0 saturated heterocycles. The maximum atomic E-state index is 13.0. The van der Waals surface area contributed by atoms with Crippen molar-refractivity contribution in [2.75, 3.05) is 5.32 Å². The van der Waals surface area contributed by atoms with Gasteiger partial charge in [-0.05, 0) is 40.2 Å². The van der Waals surface area contributed by atoms with E-state index in [9.17, 15) is 9.59 Å². The lowest BCUT2D eigenvalue weighted by atomic mass is 9.82. The molecule has 1 amide bonds. The Kier molecular flexibility index (Phi) is 4.51. The SMILES string of the molecule is CC(C)(C(=O)Nc1cc(C2CC(=O)C2)nn1C(C)(C)C)c1ccccc1. The number of rotatable bonds is 4. The summed E-state index contributed by atoms with van der Waals surface area (Å²) in [5, 5.41) is 7.76. The molecule has 5 nitrogen and oxygen atoms in total. The maximum Gasteiger partial charge on any atom is 0.235 e. The van der Waals surface area contributed by atoms with Gasteiger partial charge in [0.05, 0.1) is 16.6 Å². The van der Waals surface area contributed by atoms with Gasteiger partial charge in [0.2, 0.25) is 5.91 Å². The Morgan fingerprint density at radius 3 is 2.27 bits per heavy atom. The molecule has 0 atom stereocenters. The Morgan fingerprint density at radius 2 is 1.73 bits per heavy atom. The number of hydrogen-bond donors (Lipinski definition) is 1. The number of hydrogen-bond acceptors (Lipinski definition) is 3. The van der Waals surface area contributed by atoms with Crippen LogP contribution >= 0.6 is 0 Å². The zero-order valence-corrected chi connectivity index (χ0v) is 16.2. The molecule has 138 valence electrons. The quantitative estimate of drug-likeness (QED) is 0.903. The number of carbonyl (C=O) groups is 2. The Morgan fingerprint density at radius 1 is 1.12 bits per heavy atom. The molecule has 1 saturated carbocycles. The van der Waals surface area contributed by atoms with E-state index >= 15 is 0 Å². The Balaban J connectivity index is 1.88. The highest BCUT2D eigenvalue weighted by Crippen LogP contribution is 2.36. The summed E-state index contributed by atoms with van der Waals surface area (Å²) in [7, 11) is 0. The topological polar surface area (TPSA) is 64.0 Å². The molecule has 0 bridgehead atoms. The highest BCUT2D eigenvalue weighted by Gasteiger charge is 2.34. The molecule has 1 aromatic carbocycles. The summed E-state index contributed by atoms with van der Waals surface area (Å²) in [5.74, 6) is 1.05. The molecule has 0 spiro atoms. The van der Waals surface area contributed by atoms with Crippen LogP contribution in [0.2, 0.25) is 0 Å². The lowest BCUT2D eigenvalue weighted by Crippen LogP contribution is -2.36. The van der Waals surface area contributed by atoms with Crippen molar-refractivity contribution < 1.29 is 9.59 Å². The van der Waals surface area contributed by atoms with Crippen LogP contribution in [-0.2, 0) is 20.5 Å². The number of ketones is 1. The monoisotopic (exact) mass is 353 g/mol. The second-order valence-electron chi connectivity index (χ2n) is 8.63. The molecule has 5 heteroatoms. The van der Waals surface area contributed by atoms with Gasteiger partial charge < -0.3 is 5.32 Å². The third-order valence-electron chi connectivity index (χ3n) is 5.03. The van der Waals surface area contributed by atoms with Gasteiger partial charge in [-0.3, -0.25) is 9.59 Å². The van der Waals surface area contributed by atoms with Gasteiger partial charge in [-0.2, -0.15) is 5.10 Å². The average molecular weight is 353 g/mol. The molecule has 1 aliphatic carbocycles. The Hall–Kier alpha value is -2.43. The summed E-state index contributed by atoms with van der Waals surface area (Å²) in [6.07, 6.45) is 1.09. The fourth-order valence-corrected chi connectivity index (χ4v) is 3.16. The molecule has 1 heterocycles. The van der Waals surface area contributed by atoms with Crippen molar-refractivity contribution in [3.8, 4) is 0 Å². The number of nitrogens with one attached hydrogen (secondary N) is 1. The Bertz CT molecular complexity index is 821. The highest BCUT2D eigenvalue weighted by atomic mass is 16.2. The maximum absolute atomic E-state index is 13.0. The molecule has 0 unspecified atom stereocenters. The molecular weight excluding hydrogens is 326 g/mol. The minimum atomic E-state index is -0.666. The fraction of sp³-hybridized carbons (Fsp3) is 0.476. The van der Waals surface area contributed by atoms with E-state index in [2.05, 4.69) is 5.32 Å². The van der Waals surface area contributed by atoms with Gasteiger partial charge in [-0.25, -0.2) is 4.68 Å². The van der Waals surface area contributed by atoms with Gasteiger partial charge in [0.15, 0.2) is 0 Å². The van der Waals surface area contributed by atoms with E-state index in [4.69, 9.17) is 5.10 Å². The second-order valence-corrected chi connectivity index (χ2v) is 8.63. The molecule has 0 aliphatic heterocycles. The summed E-state index contributed by atoms with van der Waals surface area (Å²) in [6.45, 7) is 9.98. The van der Waals surface area contributed by atoms with Gasteiger partial charge in [0.25, 0.3) is 0 Å². The molecule has 2 aromatic rings. The molecule has 1 N–H and O–H groups in total. The van der Waals surface area contributed by atoms with E-state index in [1.54, 1.807) is 0 Å². The molecular formula is C21H27N3O2. The number of nitrogens with zero attached hydrogens (tertiary/aromatic N) is 2. The van der Waals surface area contributed by atoms with Crippen LogP contribution in [0.3, 0.4) is 0 Å². The van der Waals surface area contributed by atoms with Crippen LogP contribution in [0.4, 0.5) is 5.82 Å². The zero-order chi connectivity index (χ0) is 19.1. The van der Waals surface area contributed by atoms with Crippen molar-refractivity contribution in [1.29, 1.82) is 0 Å². The first-order valence-electron chi connectivity index (χ1n) is 9.08. The van der Waals surface area contributed by atoms with Gasteiger partial charge in [-0.15, -0.1) is 0 Å². The summed E-state index contributed by atoms with van der Waals surface area (Å²) < 4.78 is 1.85. The number of anilines is 1. The number of Topliss-reactive ketones (excluding diaryl/α,β-unsaturated/α-hetero) is 1. The van der Waals surface area contributed by atoms with Crippen LogP contribution in [0.5, 0.6) is 0 Å². The number of amides is 1. The van der Waals surface area contributed by atoms with E-state index in [-0.39, 0.29) is 23.1 Å². The lowest BCUT2D eigenvalue weighted by Gasteiger charge is -2.27. The summed E-state index contributed by atoms with van der Waals surface area (Å²) in [5.41, 5.74) is 0.906. The molecule has 3 rings (SSSR count). The van der Waals surface area contributed by atoms with Gasteiger partial charge in [-0.1, -0.05) is 30.3 Å². The smallest absolute Gasteiger partial charge is 0.235 e. The van der Waals surface area contributed by atoms with E-state index in [0.29, 0.717) is 18.7 Å². The normalized spacial score (nSPS) is 15.7. The first kappa shape index (κ1) is 18.4. The third kappa shape index (κ3) is 3.43. The standard InChI is InChI=1S/C21H27N3O2/c1-20(2,3)24-18(13-17(23-24)14-11-16(25)12-14)22-19(26)21(4,5)15-9-7-6-8-10-15/h6-10,13-14H,11-12H2,1-5H3,(H,22,26). The summed E-state index contributed by atoms with van der Waals surface area (Å²) >= 11 is 0. The first-order valence-corrected chi connectivity index (χ1v) is 9.08. The van der Waals surface area contributed by atoms with Crippen LogP contribution < -0.4 is 5.32 Å². The van der Waals surface area contributed by atoms with Gasteiger partial charge in [0, 0.05) is 24.8 Å². The van der Waals surface area contributed by atoms with E-state index < -0.39 is 5.41 Å².